The lowest BCUT2D eigenvalue weighted by Gasteiger charge is -2.21. The SMILES string of the molecule is C=C/C(=C\C(C)C)C(NCCC)c1cccc(Cl)c1. The Morgan fingerprint density at radius 3 is 2.68 bits per heavy atom. The number of benzene rings is 1. The second-order valence-corrected chi connectivity index (χ2v) is 5.49. The van der Waals surface area contributed by atoms with Crippen molar-refractivity contribution in [3.05, 3.63) is 59.2 Å². The van der Waals surface area contributed by atoms with Gasteiger partial charge in [0.05, 0.1) is 6.04 Å². The van der Waals surface area contributed by atoms with Gasteiger partial charge < -0.3 is 5.32 Å². The molecule has 2 heteroatoms. The lowest BCUT2D eigenvalue weighted by Crippen LogP contribution is -2.23. The van der Waals surface area contributed by atoms with Crippen LogP contribution in [-0.4, -0.2) is 6.54 Å². The van der Waals surface area contributed by atoms with Gasteiger partial charge in [-0.3, -0.25) is 0 Å². The van der Waals surface area contributed by atoms with Gasteiger partial charge in [0, 0.05) is 5.02 Å². The molecule has 1 aromatic carbocycles. The molecule has 0 radical (unpaired) electrons. The van der Waals surface area contributed by atoms with Crippen LogP contribution in [0.3, 0.4) is 0 Å². The molecule has 1 unspecified atom stereocenters. The quantitative estimate of drug-likeness (QED) is 0.680. The smallest absolute Gasteiger partial charge is 0.0574 e. The average molecular weight is 278 g/mol. The summed E-state index contributed by atoms with van der Waals surface area (Å²) in [5.74, 6) is 0.498. The Bertz CT molecular complexity index is 435. The number of allylic oxidation sites excluding steroid dienone is 1. The molecule has 1 atom stereocenters. The van der Waals surface area contributed by atoms with Crippen LogP contribution < -0.4 is 5.32 Å². The summed E-state index contributed by atoms with van der Waals surface area (Å²) in [7, 11) is 0. The van der Waals surface area contributed by atoms with E-state index in [1.807, 2.05) is 24.3 Å². The van der Waals surface area contributed by atoms with Crippen molar-refractivity contribution >= 4 is 11.6 Å². The van der Waals surface area contributed by atoms with Crippen LogP contribution in [0.5, 0.6) is 0 Å². The summed E-state index contributed by atoms with van der Waals surface area (Å²) in [6.07, 6.45) is 5.29. The second-order valence-electron chi connectivity index (χ2n) is 5.06. The van der Waals surface area contributed by atoms with Gasteiger partial charge in [-0.1, -0.05) is 63.2 Å². The van der Waals surface area contributed by atoms with E-state index in [9.17, 15) is 0 Å². The minimum absolute atomic E-state index is 0.165. The molecule has 0 aliphatic heterocycles. The third-order valence-electron chi connectivity index (χ3n) is 2.88. The third kappa shape index (κ3) is 5.22. The summed E-state index contributed by atoms with van der Waals surface area (Å²) in [5, 5.41) is 4.34. The average Bonchev–Trinajstić information content (AvgIpc) is 2.37. The van der Waals surface area contributed by atoms with E-state index in [0.717, 1.165) is 18.0 Å². The largest absolute Gasteiger partial charge is 0.306 e. The molecule has 104 valence electrons. The standard InChI is InChI=1S/C17H24ClN/c1-5-10-19-17(14(6-2)11-13(3)4)15-8-7-9-16(18)12-15/h6-9,11-13,17,19H,2,5,10H2,1,3-4H3/b14-11+. The molecular weight excluding hydrogens is 254 g/mol. The molecule has 0 aliphatic carbocycles. The number of halogens is 1. The van der Waals surface area contributed by atoms with Gasteiger partial charge in [0.1, 0.15) is 0 Å². The van der Waals surface area contributed by atoms with Crippen molar-refractivity contribution in [1.82, 2.24) is 5.32 Å². The monoisotopic (exact) mass is 277 g/mol. The van der Waals surface area contributed by atoms with E-state index in [-0.39, 0.29) is 6.04 Å². The molecule has 0 saturated carbocycles. The van der Waals surface area contributed by atoms with Crippen LogP contribution in [0.1, 0.15) is 38.8 Å². The van der Waals surface area contributed by atoms with E-state index in [1.54, 1.807) is 0 Å². The molecule has 1 N–H and O–H groups in total. The molecule has 0 amide bonds. The molecule has 1 rings (SSSR count). The maximum Gasteiger partial charge on any atom is 0.0574 e. The minimum Gasteiger partial charge on any atom is -0.306 e. The number of hydrogen-bond donors (Lipinski definition) is 1. The highest BCUT2D eigenvalue weighted by Crippen LogP contribution is 2.26. The summed E-state index contributed by atoms with van der Waals surface area (Å²) in [6.45, 7) is 11.4. The molecule has 0 spiro atoms. The second kappa shape index (κ2) is 8.19. The molecule has 0 aliphatic rings. The number of hydrogen-bond acceptors (Lipinski definition) is 1. The Labute approximate surface area is 122 Å². The normalized spacial score (nSPS) is 13.6. The van der Waals surface area contributed by atoms with Gasteiger partial charge in [-0.05, 0) is 42.2 Å². The van der Waals surface area contributed by atoms with E-state index in [1.165, 1.54) is 11.1 Å². The first-order valence-corrected chi connectivity index (χ1v) is 7.29. The topological polar surface area (TPSA) is 12.0 Å². The first-order valence-electron chi connectivity index (χ1n) is 6.91. The third-order valence-corrected chi connectivity index (χ3v) is 3.11. The Kier molecular flexibility index (Phi) is 6.90. The summed E-state index contributed by atoms with van der Waals surface area (Å²) >= 11 is 6.10. The van der Waals surface area contributed by atoms with Crippen LogP contribution in [-0.2, 0) is 0 Å². The van der Waals surface area contributed by atoms with Crippen molar-refractivity contribution in [1.29, 1.82) is 0 Å². The highest BCUT2D eigenvalue weighted by Gasteiger charge is 2.14. The number of rotatable bonds is 7. The van der Waals surface area contributed by atoms with Gasteiger partial charge in [0.15, 0.2) is 0 Å². The van der Waals surface area contributed by atoms with Crippen molar-refractivity contribution in [2.75, 3.05) is 6.54 Å². The zero-order valence-electron chi connectivity index (χ0n) is 12.1. The Morgan fingerprint density at radius 1 is 1.42 bits per heavy atom. The fraction of sp³-hybridized carbons (Fsp3) is 0.412. The Morgan fingerprint density at radius 2 is 2.16 bits per heavy atom. The zero-order valence-corrected chi connectivity index (χ0v) is 12.9. The Balaban J connectivity index is 3.09. The minimum atomic E-state index is 0.165. The van der Waals surface area contributed by atoms with Gasteiger partial charge in [0.25, 0.3) is 0 Å². The maximum absolute atomic E-state index is 6.10. The van der Waals surface area contributed by atoms with E-state index in [0.29, 0.717) is 5.92 Å². The van der Waals surface area contributed by atoms with Crippen LogP contribution in [0.2, 0.25) is 5.02 Å². The van der Waals surface area contributed by atoms with E-state index in [2.05, 4.69) is 44.8 Å². The Hall–Kier alpha value is -1.05. The lowest BCUT2D eigenvalue weighted by atomic mass is 9.95. The van der Waals surface area contributed by atoms with Crippen LogP contribution in [0, 0.1) is 5.92 Å². The van der Waals surface area contributed by atoms with Gasteiger partial charge in [-0.15, -0.1) is 0 Å². The van der Waals surface area contributed by atoms with Crippen LogP contribution >= 0.6 is 11.6 Å². The van der Waals surface area contributed by atoms with Crippen molar-refractivity contribution in [2.24, 2.45) is 5.92 Å². The maximum atomic E-state index is 6.10. The van der Waals surface area contributed by atoms with E-state index >= 15 is 0 Å². The van der Waals surface area contributed by atoms with Crippen molar-refractivity contribution < 1.29 is 0 Å². The first-order chi connectivity index (χ1) is 9.08. The fourth-order valence-corrected chi connectivity index (χ4v) is 2.27. The van der Waals surface area contributed by atoms with Crippen LogP contribution in [0.15, 0.2) is 48.6 Å². The summed E-state index contributed by atoms with van der Waals surface area (Å²) in [4.78, 5) is 0. The van der Waals surface area contributed by atoms with Gasteiger partial charge in [-0.25, -0.2) is 0 Å². The molecule has 1 aromatic rings. The molecule has 0 heterocycles. The predicted octanol–water partition coefficient (Wildman–Crippen LogP) is 5.15. The molecule has 19 heavy (non-hydrogen) atoms. The first kappa shape index (κ1) is 16.0. The fourth-order valence-electron chi connectivity index (χ4n) is 2.07. The highest BCUT2D eigenvalue weighted by molar-refractivity contribution is 6.30. The number of nitrogens with one attached hydrogen (secondary N) is 1. The molecule has 0 bridgehead atoms. The zero-order chi connectivity index (χ0) is 14.3. The van der Waals surface area contributed by atoms with Gasteiger partial charge in [0.2, 0.25) is 0 Å². The summed E-state index contributed by atoms with van der Waals surface area (Å²) < 4.78 is 0. The molecule has 0 aromatic heterocycles. The molecule has 0 saturated heterocycles. The van der Waals surface area contributed by atoms with Crippen molar-refractivity contribution in [3.63, 3.8) is 0 Å². The predicted molar refractivity (Wildman–Crippen MR) is 85.6 cm³/mol. The van der Waals surface area contributed by atoms with Gasteiger partial charge in [-0.2, -0.15) is 0 Å². The van der Waals surface area contributed by atoms with E-state index in [4.69, 9.17) is 11.6 Å². The highest BCUT2D eigenvalue weighted by atomic mass is 35.5. The molecule has 0 fully saturated rings. The van der Waals surface area contributed by atoms with Crippen LogP contribution in [0.25, 0.3) is 0 Å². The lowest BCUT2D eigenvalue weighted by molar-refractivity contribution is 0.593. The van der Waals surface area contributed by atoms with Crippen LogP contribution in [0.4, 0.5) is 0 Å². The summed E-state index contributed by atoms with van der Waals surface area (Å²) in [6, 6.07) is 8.19. The van der Waals surface area contributed by atoms with Gasteiger partial charge >= 0.3 is 0 Å². The van der Waals surface area contributed by atoms with Crippen molar-refractivity contribution in [2.45, 2.75) is 33.2 Å². The summed E-state index contributed by atoms with van der Waals surface area (Å²) in [5.41, 5.74) is 2.40. The molecule has 1 nitrogen and oxygen atoms in total. The van der Waals surface area contributed by atoms with Crippen molar-refractivity contribution in [3.8, 4) is 0 Å². The molecular formula is C17H24ClN. The van der Waals surface area contributed by atoms with E-state index < -0.39 is 0 Å².